The standard InChI is InChI=1S/C14H17N3O2/c18-13-4-2-11(8-16-13)17-14(19)10-1-3-12-9(7-10)5-6-15-12/h1,3,7,11,15H,2,4-6,8H2,(H,16,18)(H,17,19). The smallest absolute Gasteiger partial charge is 0.251 e. The van der Waals surface area contributed by atoms with E-state index in [1.165, 1.54) is 5.56 Å². The lowest BCUT2D eigenvalue weighted by molar-refractivity contribution is -0.122. The molecule has 5 nitrogen and oxygen atoms in total. The van der Waals surface area contributed by atoms with Gasteiger partial charge in [-0.15, -0.1) is 0 Å². The third-order valence-electron chi connectivity index (χ3n) is 3.68. The van der Waals surface area contributed by atoms with Crippen molar-refractivity contribution in [2.75, 3.05) is 18.4 Å². The number of nitrogens with one attached hydrogen (secondary N) is 3. The summed E-state index contributed by atoms with van der Waals surface area (Å²) in [7, 11) is 0. The van der Waals surface area contributed by atoms with E-state index in [1.54, 1.807) is 0 Å². The van der Waals surface area contributed by atoms with Crippen molar-refractivity contribution in [3.05, 3.63) is 29.3 Å². The van der Waals surface area contributed by atoms with Gasteiger partial charge in [0.1, 0.15) is 0 Å². The Morgan fingerprint density at radius 3 is 2.95 bits per heavy atom. The van der Waals surface area contributed by atoms with Gasteiger partial charge in [-0.3, -0.25) is 9.59 Å². The number of carbonyl (C=O) groups is 2. The molecular formula is C14H17N3O2. The second kappa shape index (κ2) is 4.91. The van der Waals surface area contributed by atoms with Gasteiger partial charge >= 0.3 is 0 Å². The molecular weight excluding hydrogens is 242 g/mol. The van der Waals surface area contributed by atoms with Crippen LogP contribution in [0.3, 0.4) is 0 Å². The first-order valence-corrected chi connectivity index (χ1v) is 6.67. The summed E-state index contributed by atoms with van der Waals surface area (Å²) in [6, 6.07) is 5.79. The zero-order chi connectivity index (χ0) is 13.2. The van der Waals surface area contributed by atoms with Crippen LogP contribution in [0.2, 0.25) is 0 Å². The molecule has 3 rings (SSSR count). The molecule has 5 heteroatoms. The lowest BCUT2D eigenvalue weighted by atomic mass is 10.0. The largest absolute Gasteiger partial charge is 0.384 e. The predicted octanol–water partition coefficient (Wildman–Crippen LogP) is 0.663. The van der Waals surface area contributed by atoms with E-state index in [9.17, 15) is 9.59 Å². The van der Waals surface area contributed by atoms with E-state index in [4.69, 9.17) is 0 Å². The number of hydrogen-bond acceptors (Lipinski definition) is 3. The average Bonchev–Trinajstić information content (AvgIpc) is 2.88. The molecule has 19 heavy (non-hydrogen) atoms. The highest BCUT2D eigenvalue weighted by Crippen LogP contribution is 2.23. The Balaban J connectivity index is 1.65. The van der Waals surface area contributed by atoms with Gasteiger partial charge in [0, 0.05) is 36.8 Å². The number of carbonyl (C=O) groups excluding carboxylic acids is 2. The number of benzene rings is 1. The third-order valence-corrected chi connectivity index (χ3v) is 3.68. The van der Waals surface area contributed by atoms with Crippen molar-refractivity contribution < 1.29 is 9.59 Å². The minimum absolute atomic E-state index is 0.0385. The van der Waals surface area contributed by atoms with Crippen LogP contribution >= 0.6 is 0 Å². The first-order chi connectivity index (χ1) is 9.22. The normalized spacial score (nSPS) is 21.3. The molecule has 1 saturated heterocycles. The molecule has 0 radical (unpaired) electrons. The molecule has 1 unspecified atom stereocenters. The molecule has 2 aliphatic heterocycles. The van der Waals surface area contributed by atoms with Gasteiger partial charge in [0.15, 0.2) is 0 Å². The molecule has 1 atom stereocenters. The summed E-state index contributed by atoms with van der Waals surface area (Å²) < 4.78 is 0. The van der Waals surface area contributed by atoms with Crippen molar-refractivity contribution in [2.24, 2.45) is 0 Å². The molecule has 100 valence electrons. The van der Waals surface area contributed by atoms with Gasteiger partial charge in [0.05, 0.1) is 0 Å². The van der Waals surface area contributed by atoms with Crippen molar-refractivity contribution >= 4 is 17.5 Å². The molecule has 1 fully saturated rings. The van der Waals surface area contributed by atoms with Crippen LogP contribution in [0.4, 0.5) is 5.69 Å². The molecule has 2 amide bonds. The Morgan fingerprint density at radius 1 is 1.26 bits per heavy atom. The summed E-state index contributed by atoms with van der Waals surface area (Å²) in [5.74, 6) is 0.00459. The fraction of sp³-hybridized carbons (Fsp3) is 0.429. The summed E-state index contributed by atoms with van der Waals surface area (Å²) in [5.41, 5.74) is 3.02. The number of anilines is 1. The van der Waals surface area contributed by atoms with Crippen LogP contribution in [0.15, 0.2) is 18.2 Å². The summed E-state index contributed by atoms with van der Waals surface area (Å²) in [6.07, 6.45) is 2.17. The van der Waals surface area contributed by atoms with Crippen molar-refractivity contribution in [3.63, 3.8) is 0 Å². The molecule has 0 spiro atoms. The molecule has 0 aliphatic carbocycles. The number of fused-ring (bicyclic) bond motifs is 1. The summed E-state index contributed by atoms with van der Waals surface area (Å²) in [5, 5.41) is 9.01. The highest BCUT2D eigenvalue weighted by molar-refractivity contribution is 5.95. The molecule has 1 aromatic rings. The minimum atomic E-state index is -0.0594. The van der Waals surface area contributed by atoms with Crippen LogP contribution in [0.1, 0.15) is 28.8 Å². The zero-order valence-corrected chi connectivity index (χ0v) is 10.7. The van der Waals surface area contributed by atoms with Crippen LogP contribution < -0.4 is 16.0 Å². The second-order valence-electron chi connectivity index (χ2n) is 5.06. The van der Waals surface area contributed by atoms with Crippen molar-refractivity contribution in [1.82, 2.24) is 10.6 Å². The zero-order valence-electron chi connectivity index (χ0n) is 10.7. The Bertz CT molecular complexity index is 517. The topological polar surface area (TPSA) is 70.2 Å². The van der Waals surface area contributed by atoms with Crippen LogP contribution in [-0.4, -0.2) is 30.9 Å². The minimum Gasteiger partial charge on any atom is -0.384 e. The molecule has 3 N–H and O–H groups in total. The quantitative estimate of drug-likeness (QED) is 0.731. The maximum absolute atomic E-state index is 12.2. The van der Waals surface area contributed by atoms with E-state index in [-0.39, 0.29) is 17.9 Å². The number of hydrogen-bond donors (Lipinski definition) is 3. The van der Waals surface area contributed by atoms with Crippen molar-refractivity contribution in [3.8, 4) is 0 Å². The van der Waals surface area contributed by atoms with Gasteiger partial charge in [0.2, 0.25) is 5.91 Å². The lowest BCUT2D eigenvalue weighted by Crippen LogP contribution is -2.47. The van der Waals surface area contributed by atoms with E-state index < -0.39 is 0 Å². The van der Waals surface area contributed by atoms with Gasteiger partial charge in [-0.25, -0.2) is 0 Å². The molecule has 0 bridgehead atoms. The summed E-state index contributed by atoms with van der Waals surface area (Å²) in [6.45, 7) is 1.46. The molecule has 0 aromatic heterocycles. The molecule has 2 aliphatic rings. The first-order valence-electron chi connectivity index (χ1n) is 6.67. The molecule has 2 heterocycles. The van der Waals surface area contributed by atoms with Crippen molar-refractivity contribution in [2.45, 2.75) is 25.3 Å². The van der Waals surface area contributed by atoms with Crippen LogP contribution in [0, 0.1) is 0 Å². The average molecular weight is 259 g/mol. The molecule has 1 aromatic carbocycles. The number of amides is 2. The Hall–Kier alpha value is -2.04. The van der Waals surface area contributed by atoms with E-state index in [0.29, 0.717) is 24.9 Å². The Labute approximate surface area is 111 Å². The van der Waals surface area contributed by atoms with Gasteiger partial charge < -0.3 is 16.0 Å². The van der Waals surface area contributed by atoms with Crippen LogP contribution in [0.5, 0.6) is 0 Å². The van der Waals surface area contributed by atoms with E-state index >= 15 is 0 Å². The number of rotatable bonds is 2. The fourth-order valence-corrected chi connectivity index (χ4v) is 2.57. The monoisotopic (exact) mass is 259 g/mol. The van der Waals surface area contributed by atoms with Gasteiger partial charge in [-0.05, 0) is 36.6 Å². The Kier molecular flexibility index (Phi) is 3.11. The second-order valence-corrected chi connectivity index (χ2v) is 5.06. The fourth-order valence-electron chi connectivity index (χ4n) is 2.57. The third kappa shape index (κ3) is 2.54. The highest BCUT2D eigenvalue weighted by Gasteiger charge is 2.21. The summed E-state index contributed by atoms with van der Waals surface area (Å²) in [4.78, 5) is 23.2. The van der Waals surface area contributed by atoms with Crippen molar-refractivity contribution in [1.29, 1.82) is 0 Å². The first kappa shape index (κ1) is 12.0. The highest BCUT2D eigenvalue weighted by atomic mass is 16.2. The molecule has 0 saturated carbocycles. The summed E-state index contributed by atoms with van der Waals surface area (Å²) >= 11 is 0. The van der Waals surface area contributed by atoms with Crippen LogP contribution in [-0.2, 0) is 11.2 Å². The van der Waals surface area contributed by atoms with E-state index in [0.717, 1.165) is 18.7 Å². The van der Waals surface area contributed by atoms with E-state index in [2.05, 4.69) is 16.0 Å². The predicted molar refractivity (Wildman–Crippen MR) is 72.1 cm³/mol. The van der Waals surface area contributed by atoms with Crippen LogP contribution in [0.25, 0.3) is 0 Å². The van der Waals surface area contributed by atoms with Gasteiger partial charge in [-0.1, -0.05) is 0 Å². The van der Waals surface area contributed by atoms with E-state index in [1.807, 2.05) is 18.2 Å². The van der Waals surface area contributed by atoms with Gasteiger partial charge in [-0.2, -0.15) is 0 Å². The van der Waals surface area contributed by atoms with Gasteiger partial charge in [0.25, 0.3) is 5.91 Å². The Morgan fingerprint density at radius 2 is 2.16 bits per heavy atom. The maximum atomic E-state index is 12.2. The maximum Gasteiger partial charge on any atom is 0.251 e. The number of piperidine rings is 1. The SMILES string of the molecule is O=C1CCC(NC(=O)c2ccc3c(c2)CCN3)CN1. The lowest BCUT2D eigenvalue weighted by Gasteiger charge is -2.23.